The molecule has 4 N–H and O–H groups in total. The predicted octanol–water partition coefficient (Wildman–Crippen LogP) is 5.53. The van der Waals surface area contributed by atoms with Crippen LogP contribution in [-0.4, -0.2) is 53.2 Å². The monoisotopic (exact) mass is 598 g/mol. The highest BCUT2D eigenvalue weighted by atomic mass is 35.5. The van der Waals surface area contributed by atoms with Crippen molar-refractivity contribution in [1.82, 2.24) is 20.1 Å². The molecule has 1 fully saturated rings. The molecule has 0 bridgehead atoms. The summed E-state index contributed by atoms with van der Waals surface area (Å²) >= 11 is 6.31. The number of nitrogens with one attached hydrogen (secondary N) is 2. The number of sulfone groups is 1. The number of anilines is 3. The normalized spacial score (nSPS) is 15.3. The lowest BCUT2D eigenvalue weighted by molar-refractivity contribution is -0.140. The molecule has 0 atom stereocenters. The number of aromatic nitrogens is 3. The van der Waals surface area contributed by atoms with Crippen molar-refractivity contribution < 1.29 is 26.4 Å². The van der Waals surface area contributed by atoms with Gasteiger partial charge in [-0.3, -0.25) is 4.79 Å². The predicted molar refractivity (Wildman–Crippen MR) is 147 cm³/mol. The number of nitrogen functional groups attached to an aromatic ring is 1. The quantitative estimate of drug-likeness (QED) is 0.340. The van der Waals surface area contributed by atoms with Crippen LogP contribution in [0.5, 0.6) is 0 Å². The van der Waals surface area contributed by atoms with E-state index in [4.69, 9.17) is 17.3 Å². The number of carbonyl (C=O) groups excluding carboxylic acids is 1. The van der Waals surface area contributed by atoms with E-state index in [-0.39, 0.29) is 56.2 Å². The van der Waals surface area contributed by atoms with Crippen LogP contribution in [0.1, 0.15) is 39.2 Å². The Bertz CT molecular complexity index is 1490. The zero-order chi connectivity index (χ0) is 29.5. The number of aromatic amines is 1. The second kappa shape index (κ2) is 10.9. The first kappa shape index (κ1) is 29.7. The molecule has 1 aliphatic heterocycles. The number of carbonyl (C=O) groups is 1. The number of hydrogen-bond donors (Lipinski definition) is 3. The molecule has 1 saturated heterocycles. The molecular formula is C26H30ClF3N6O3S. The fraction of sp³-hybridized carbons (Fsp3) is 0.423. The Labute approximate surface area is 235 Å². The van der Waals surface area contributed by atoms with Gasteiger partial charge in [-0.2, -0.15) is 18.2 Å². The average Bonchev–Trinajstić information content (AvgIpc) is 3.27. The van der Waals surface area contributed by atoms with Crippen molar-refractivity contribution in [2.75, 3.05) is 29.9 Å². The number of halogens is 4. The van der Waals surface area contributed by atoms with Crippen LogP contribution in [0.15, 0.2) is 41.3 Å². The number of hydrogen-bond acceptors (Lipinski definition) is 7. The largest absolute Gasteiger partial charge is 0.417 e. The highest BCUT2D eigenvalue weighted by molar-refractivity contribution is 7.91. The van der Waals surface area contributed by atoms with E-state index < -0.39 is 27.0 Å². The lowest BCUT2D eigenvalue weighted by atomic mass is 9.91. The van der Waals surface area contributed by atoms with Crippen molar-refractivity contribution in [3.63, 3.8) is 0 Å². The standard InChI is InChI=1S/C26H30ClF3N6O3S/c1-25(2,3)22(37)36-10-8-15(9-11-36)14-40(38,39)18-6-4-16(5-7-18)21-19(26(28,29)30)12-17(13-20(21)27)32-24-33-23(31)34-35-24/h4-7,12-13,15H,8-11,14H2,1-3H3,(H4,31,32,33,34,35). The summed E-state index contributed by atoms with van der Waals surface area (Å²) in [7, 11) is -3.71. The van der Waals surface area contributed by atoms with Crippen molar-refractivity contribution in [3.8, 4) is 11.1 Å². The minimum atomic E-state index is -4.76. The van der Waals surface area contributed by atoms with Crippen LogP contribution >= 0.6 is 11.6 Å². The van der Waals surface area contributed by atoms with Gasteiger partial charge >= 0.3 is 6.18 Å². The van der Waals surface area contributed by atoms with E-state index in [1.807, 2.05) is 20.8 Å². The molecule has 40 heavy (non-hydrogen) atoms. The van der Waals surface area contributed by atoms with Gasteiger partial charge in [0.1, 0.15) is 0 Å². The number of alkyl halides is 3. The van der Waals surface area contributed by atoms with E-state index >= 15 is 0 Å². The Morgan fingerprint density at radius 2 is 1.77 bits per heavy atom. The van der Waals surface area contributed by atoms with Gasteiger partial charge in [-0.25, -0.2) is 13.5 Å². The molecule has 0 aliphatic carbocycles. The smallest absolute Gasteiger partial charge is 0.368 e. The number of piperidine rings is 1. The molecule has 2 aromatic carbocycles. The first-order valence-electron chi connectivity index (χ1n) is 12.5. The Morgan fingerprint density at radius 3 is 2.30 bits per heavy atom. The molecule has 1 aliphatic rings. The first-order valence-corrected chi connectivity index (χ1v) is 14.6. The first-order chi connectivity index (χ1) is 18.5. The van der Waals surface area contributed by atoms with Gasteiger partial charge in [0.15, 0.2) is 9.84 Å². The molecule has 2 heterocycles. The Morgan fingerprint density at radius 1 is 1.15 bits per heavy atom. The van der Waals surface area contributed by atoms with Crippen LogP contribution in [0.25, 0.3) is 11.1 Å². The van der Waals surface area contributed by atoms with Crippen LogP contribution < -0.4 is 11.1 Å². The van der Waals surface area contributed by atoms with Crippen molar-refractivity contribution >= 4 is 44.9 Å². The third-order valence-corrected chi connectivity index (χ3v) is 8.85. The minimum Gasteiger partial charge on any atom is -0.368 e. The van der Waals surface area contributed by atoms with Gasteiger partial charge in [-0.1, -0.05) is 44.5 Å². The van der Waals surface area contributed by atoms with Crippen LogP contribution in [0, 0.1) is 11.3 Å². The maximum Gasteiger partial charge on any atom is 0.417 e. The summed E-state index contributed by atoms with van der Waals surface area (Å²) in [6.07, 6.45) is -3.64. The Hall–Kier alpha value is -3.32. The molecule has 14 heteroatoms. The Balaban J connectivity index is 1.52. The van der Waals surface area contributed by atoms with Gasteiger partial charge in [0.05, 0.1) is 21.2 Å². The number of amides is 1. The van der Waals surface area contributed by atoms with Crippen molar-refractivity contribution in [1.29, 1.82) is 0 Å². The van der Waals surface area contributed by atoms with E-state index in [0.29, 0.717) is 25.9 Å². The molecule has 0 radical (unpaired) electrons. The molecular weight excluding hydrogens is 569 g/mol. The molecule has 1 amide bonds. The SMILES string of the molecule is CC(C)(C)C(=O)N1CCC(CS(=O)(=O)c2ccc(-c3c(Cl)cc(Nc4n[nH]c(N)n4)cc3C(F)(F)F)cc2)CC1. The molecule has 3 aromatic rings. The topological polar surface area (TPSA) is 134 Å². The summed E-state index contributed by atoms with van der Waals surface area (Å²) in [5.74, 6) is -0.246. The van der Waals surface area contributed by atoms with E-state index in [2.05, 4.69) is 20.5 Å². The molecule has 216 valence electrons. The van der Waals surface area contributed by atoms with Gasteiger partial charge in [0.25, 0.3) is 0 Å². The number of benzene rings is 2. The lowest BCUT2D eigenvalue weighted by Crippen LogP contribution is -2.44. The lowest BCUT2D eigenvalue weighted by Gasteiger charge is -2.35. The summed E-state index contributed by atoms with van der Waals surface area (Å²) in [5, 5.41) is 8.53. The second-order valence-corrected chi connectivity index (χ2v) is 13.3. The van der Waals surface area contributed by atoms with Crippen molar-refractivity contribution in [3.05, 3.63) is 47.0 Å². The van der Waals surface area contributed by atoms with Crippen LogP contribution in [0.2, 0.25) is 5.02 Å². The number of H-pyrrole nitrogens is 1. The third-order valence-electron chi connectivity index (χ3n) is 6.66. The number of nitrogens with zero attached hydrogens (tertiary/aromatic N) is 3. The van der Waals surface area contributed by atoms with Crippen LogP contribution in [0.4, 0.5) is 30.8 Å². The molecule has 0 saturated carbocycles. The summed E-state index contributed by atoms with van der Waals surface area (Å²) < 4.78 is 68.4. The molecule has 9 nitrogen and oxygen atoms in total. The molecule has 0 unspecified atom stereocenters. The third kappa shape index (κ3) is 6.69. The summed E-state index contributed by atoms with van der Waals surface area (Å²) in [5.41, 5.74) is 3.76. The van der Waals surface area contributed by atoms with Crippen LogP contribution in [-0.2, 0) is 20.8 Å². The van der Waals surface area contributed by atoms with E-state index in [9.17, 15) is 26.4 Å². The molecule has 4 rings (SSSR count). The Kier molecular flexibility index (Phi) is 8.10. The number of rotatable bonds is 6. The summed E-state index contributed by atoms with van der Waals surface area (Å²) in [6.45, 7) is 6.52. The zero-order valence-corrected chi connectivity index (χ0v) is 23.7. The fourth-order valence-electron chi connectivity index (χ4n) is 4.67. The van der Waals surface area contributed by atoms with Crippen molar-refractivity contribution in [2.24, 2.45) is 11.3 Å². The molecule has 0 spiro atoms. The number of likely N-dealkylation sites (tertiary alicyclic amines) is 1. The van der Waals surface area contributed by atoms with Gasteiger partial charge in [0, 0.05) is 29.8 Å². The maximum absolute atomic E-state index is 14.0. The molecule has 1 aromatic heterocycles. The number of nitrogens with two attached hydrogens (primary N) is 1. The fourth-order valence-corrected chi connectivity index (χ4v) is 6.69. The minimum absolute atomic E-state index is 0.00507. The summed E-state index contributed by atoms with van der Waals surface area (Å²) in [4.78, 5) is 18.1. The second-order valence-electron chi connectivity index (χ2n) is 10.8. The zero-order valence-electron chi connectivity index (χ0n) is 22.1. The van der Waals surface area contributed by atoms with E-state index in [1.54, 1.807) is 4.90 Å². The van der Waals surface area contributed by atoms with Crippen molar-refractivity contribution in [2.45, 2.75) is 44.7 Å². The van der Waals surface area contributed by atoms with Crippen LogP contribution in [0.3, 0.4) is 0 Å². The van der Waals surface area contributed by atoms with E-state index in [1.165, 1.54) is 30.3 Å². The average molecular weight is 599 g/mol. The van der Waals surface area contributed by atoms with Gasteiger partial charge in [-0.15, -0.1) is 5.10 Å². The van der Waals surface area contributed by atoms with E-state index in [0.717, 1.165) is 6.07 Å². The highest BCUT2D eigenvalue weighted by Gasteiger charge is 2.36. The van der Waals surface area contributed by atoms with Gasteiger partial charge < -0.3 is 16.0 Å². The van der Waals surface area contributed by atoms with Gasteiger partial charge in [-0.05, 0) is 48.6 Å². The summed E-state index contributed by atoms with van der Waals surface area (Å²) in [6, 6.07) is 7.38. The van der Waals surface area contributed by atoms with Gasteiger partial charge in [0.2, 0.25) is 17.8 Å². The maximum atomic E-state index is 14.0. The highest BCUT2D eigenvalue weighted by Crippen LogP contribution is 2.43.